The zero-order valence-electron chi connectivity index (χ0n) is 9.93. The van der Waals surface area contributed by atoms with Crippen molar-refractivity contribution in [3.63, 3.8) is 0 Å². The monoisotopic (exact) mass is 258 g/mol. The number of carbonyl (C=O) groups excluding carboxylic acids is 1. The molecule has 3 nitrogen and oxygen atoms in total. The molecule has 3 rings (SSSR count). The van der Waals surface area contributed by atoms with Crippen LogP contribution in [0.3, 0.4) is 0 Å². The molecule has 1 aromatic heterocycles. The Morgan fingerprint density at radius 1 is 1.28 bits per heavy atom. The summed E-state index contributed by atoms with van der Waals surface area (Å²) >= 11 is 1.41. The van der Waals surface area contributed by atoms with Crippen LogP contribution < -0.4 is 10.6 Å². The zero-order valence-corrected chi connectivity index (χ0v) is 10.7. The van der Waals surface area contributed by atoms with Crippen LogP contribution in [-0.2, 0) is 6.42 Å². The minimum atomic E-state index is 0.0228. The number of hydrogen-bond donors (Lipinski definition) is 1. The Morgan fingerprint density at radius 2 is 2.11 bits per heavy atom. The summed E-state index contributed by atoms with van der Waals surface area (Å²) in [6.07, 6.45) is 2.05. The van der Waals surface area contributed by atoms with Gasteiger partial charge in [-0.25, -0.2) is 0 Å². The molecule has 2 N–H and O–H groups in total. The second-order valence-electron chi connectivity index (χ2n) is 4.39. The van der Waals surface area contributed by atoms with E-state index in [0.717, 1.165) is 25.1 Å². The molecule has 92 valence electrons. The van der Waals surface area contributed by atoms with E-state index in [2.05, 4.69) is 6.07 Å². The molecule has 0 saturated heterocycles. The van der Waals surface area contributed by atoms with Crippen molar-refractivity contribution in [2.75, 3.05) is 17.2 Å². The summed E-state index contributed by atoms with van der Waals surface area (Å²) in [4.78, 5) is 15.0. The lowest BCUT2D eigenvalue weighted by Crippen LogP contribution is -2.35. The highest BCUT2D eigenvalue weighted by Gasteiger charge is 2.25. The Hall–Kier alpha value is -1.81. The number of carbonyl (C=O) groups is 1. The quantitative estimate of drug-likeness (QED) is 0.855. The van der Waals surface area contributed by atoms with Crippen LogP contribution in [0.4, 0.5) is 11.4 Å². The van der Waals surface area contributed by atoms with E-state index in [1.54, 1.807) is 6.07 Å². The average Bonchev–Trinajstić information content (AvgIpc) is 2.83. The molecule has 1 amide bonds. The fourth-order valence-corrected chi connectivity index (χ4v) is 3.13. The molecule has 0 unspecified atom stereocenters. The van der Waals surface area contributed by atoms with Crippen molar-refractivity contribution in [2.45, 2.75) is 12.8 Å². The van der Waals surface area contributed by atoms with Crippen molar-refractivity contribution in [3.8, 4) is 0 Å². The van der Waals surface area contributed by atoms with Crippen LogP contribution in [0.15, 0.2) is 35.7 Å². The molecule has 1 aromatic carbocycles. The molecule has 4 heteroatoms. The Kier molecular flexibility index (Phi) is 2.80. The van der Waals surface area contributed by atoms with E-state index in [1.807, 2.05) is 28.5 Å². The summed E-state index contributed by atoms with van der Waals surface area (Å²) in [5, 5.41) is 1.86. The van der Waals surface area contributed by atoms with Crippen molar-refractivity contribution in [1.82, 2.24) is 0 Å². The SMILES string of the molecule is Nc1ccsc1C(=O)N1CCCc2ccccc21. The van der Waals surface area contributed by atoms with Gasteiger partial charge in [0.15, 0.2) is 0 Å². The van der Waals surface area contributed by atoms with Crippen LogP contribution in [0, 0.1) is 0 Å². The van der Waals surface area contributed by atoms with Gasteiger partial charge in [-0.3, -0.25) is 4.79 Å². The van der Waals surface area contributed by atoms with Gasteiger partial charge in [0.25, 0.3) is 5.91 Å². The number of anilines is 2. The van der Waals surface area contributed by atoms with Gasteiger partial charge >= 0.3 is 0 Å². The molecule has 2 heterocycles. The maximum atomic E-state index is 12.5. The van der Waals surface area contributed by atoms with Crippen LogP contribution in [0.5, 0.6) is 0 Å². The van der Waals surface area contributed by atoms with Crippen LogP contribution in [0.2, 0.25) is 0 Å². The first-order valence-corrected chi connectivity index (χ1v) is 6.88. The molecule has 0 atom stereocenters. The Balaban J connectivity index is 2.00. The number of para-hydroxylation sites is 1. The zero-order chi connectivity index (χ0) is 12.5. The van der Waals surface area contributed by atoms with E-state index in [9.17, 15) is 4.79 Å². The summed E-state index contributed by atoms with van der Waals surface area (Å²) in [6.45, 7) is 0.771. The normalized spacial score (nSPS) is 14.3. The number of nitrogens with two attached hydrogens (primary N) is 1. The van der Waals surface area contributed by atoms with E-state index >= 15 is 0 Å². The molecule has 0 fully saturated rings. The lowest BCUT2D eigenvalue weighted by molar-refractivity contribution is 0.0990. The third kappa shape index (κ3) is 1.78. The van der Waals surface area contributed by atoms with E-state index in [4.69, 9.17) is 5.73 Å². The summed E-state index contributed by atoms with van der Waals surface area (Å²) < 4.78 is 0. The van der Waals surface area contributed by atoms with Crippen LogP contribution >= 0.6 is 11.3 Å². The lowest BCUT2D eigenvalue weighted by atomic mass is 10.0. The van der Waals surface area contributed by atoms with E-state index in [1.165, 1.54) is 16.9 Å². The molecule has 0 aliphatic carbocycles. The van der Waals surface area contributed by atoms with Gasteiger partial charge in [-0.2, -0.15) is 0 Å². The Bertz CT molecular complexity index is 591. The summed E-state index contributed by atoms with van der Waals surface area (Å²) in [6, 6.07) is 9.88. The molecule has 0 spiro atoms. The Morgan fingerprint density at radius 3 is 2.89 bits per heavy atom. The van der Waals surface area contributed by atoms with Crippen molar-refractivity contribution in [2.24, 2.45) is 0 Å². The molecule has 0 bridgehead atoms. The summed E-state index contributed by atoms with van der Waals surface area (Å²) in [5.41, 5.74) is 8.68. The highest BCUT2D eigenvalue weighted by molar-refractivity contribution is 7.12. The van der Waals surface area contributed by atoms with Gasteiger partial charge in [0.1, 0.15) is 4.88 Å². The molecule has 1 aliphatic rings. The number of rotatable bonds is 1. The number of nitrogens with zero attached hydrogens (tertiary/aromatic N) is 1. The number of fused-ring (bicyclic) bond motifs is 1. The van der Waals surface area contributed by atoms with Gasteiger partial charge in [-0.05, 0) is 35.9 Å². The molecular formula is C14H14N2OS. The van der Waals surface area contributed by atoms with Gasteiger partial charge in [0.05, 0.1) is 5.69 Å². The fraction of sp³-hybridized carbons (Fsp3) is 0.214. The molecule has 18 heavy (non-hydrogen) atoms. The average molecular weight is 258 g/mol. The van der Waals surface area contributed by atoms with E-state index in [-0.39, 0.29) is 5.91 Å². The number of nitrogen functional groups attached to an aromatic ring is 1. The fourth-order valence-electron chi connectivity index (χ4n) is 2.36. The second-order valence-corrected chi connectivity index (χ2v) is 5.31. The maximum Gasteiger partial charge on any atom is 0.270 e. The predicted octanol–water partition coefficient (Wildman–Crippen LogP) is 2.92. The molecule has 2 aromatic rings. The van der Waals surface area contributed by atoms with Gasteiger partial charge in [-0.1, -0.05) is 18.2 Å². The standard InChI is InChI=1S/C14H14N2OS/c15-11-7-9-18-13(11)14(17)16-8-3-5-10-4-1-2-6-12(10)16/h1-2,4,6-7,9H,3,5,8,15H2. The lowest BCUT2D eigenvalue weighted by Gasteiger charge is -2.29. The van der Waals surface area contributed by atoms with Gasteiger partial charge in [-0.15, -0.1) is 11.3 Å². The van der Waals surface area contributed by atoms with Crippen molar-refractivity contribution < 1.29 is 4.79 Å². The maximum absolute atomic E-state index is 12.5. The van der Waals surface area contributed by atoms with Crippen LogP contribution in [-0.4, -0.2) is 12.5 Å². The molecule has 0 radical (unpaired) electrons. The largest absolute Gasteiger partial charge is 0.397 e. The van der Waals surface area contributed by atoms with Gasteiger partial charge in [0, 0.05) is 12.2 Å². The predicted molar refractivity (Wildman–Crippen MR) is 75.2 cm³/mol. The first-order valence-electron chi connectivity index (χ1n) is 6.00. The van der Waals surface area contributed by atoms with E-state index < -0.39 is 0 Å². The number of hydrogen-bond acceptors (Lipinski definition) is 3. The minimum absolute atomic E-state index is 0.0228. The van der Waals surface area contributed by atoms with Gasteiger partial charge < -0.3 is 10.6 Å². The third-order valence-electron chi connectivity index (χ3n) is 3.25. The third-order valence-corrected chi connectivity index (χ3v) is 4.16. The smallest absolute Gasteiger partial charge is 0.270 e. The minimum Gasteiger partial charge on any atom is -0.397 e. The second kappa shape index (κ2) is 4.46. The number of thiophene rings is 1. The van der Waals surface area contributed by atoms with E-state index in [0.29, 0.717) is 10.6 Å². The highest BCUT2D eigenvalue weighted by atomic mass is 32.1. The van der Waals surface area contributed by atoms with Crippen molar-refractivity contribution in [3.05, 3.63) is 46.2 Å². The number of benzene rings is 1. The topological polar surface area (TPSA) is 46.3 Å². The molecule has 1 aliphatic heterocycles. The molecule has 0 saturated carbocycles. The highest BCUT2D eigenvalue weighted by Crippen LogP contribution is 2.30. The summed E-state index contributed by atoms with van der Waals surface area (Å²) in [7, 11) is 0. The Labute approximate surface area is 110 Å². The van der Waals surface area contributed by atoms with Gasteiger partial charge in [0.2, 0.25) is 0 Å². The van der Waals surface area contributed by atoms with Crippen LogP contribution in [0.1, 0.15) is 21.7 Å². The first-order chi connectivity index (χ1) is 8.77. The van der Waals surface area contributed by atoms with Crippen molar-refractivity contribution in [1.29, 1.82) is 0 Å². The first kappa shape index (κ1) is 11.3. The number of aryl methyl sites for hydroxylation is 1. The number of amides is 1. The van der Waals surface area contributed by atoms with Crippen molar-refractivity contribution >= 4 is 28.6 Å². The molecular weight excluding hydrogens is 244 g/mol. The van der Waals surface area contributed by atoms with Crippen LogP contribution in [0.25, 0.3) is 0 Å². The summed E-state index contributed by atoms with van der Waals surface area (Å²) in [5.74, 6) is 0.0228.